The van der Waals surface area contributed by atoms with Gasteiger partial charge in [0.2, 0.25) is 5.91 Å². The smallest absolute Gasteiger partial charge is 0.224 e. The maximum Gasteiger partial charge on any atom is 0.224 e. The van der Waals surface area contributed by atoms with Gasteiger partial charge >= 0.3 is 0 Å². The van der Waals surface area contributed by atoms with Crippen LogP contribution in [0.4, 0.5) is 0 Å². The summed E-state index contributed by atoms with van der Waals surface area (Å²) in [5, 5.41) is 4.23. The third-order valence-electron chi connectivity index (χ3n) is 4.98. The molecule has 3 aromatic rings. The lowest BCUT2D eigenvalue weighted by molar-refractivity contribution is -0.121. The molecule has 1 aliphatic heterocycles. The van der Waals surface area contributed by atoms with Crippen LogP contribution in [0.5, 0.6) is 11.5 Å². The van der Waals surface area contributed by atoms with E-state index in [0.717, 1.165) is 33.5 Å². The van der Waals surface area contributed by atoms with Gasteiger partial charge in [0.15, 0.2) is 11.5 Å². The highest BCUT2D eigenvalue weighted by Gasteiger charge is 2.22. The summed E-state index contributed by atoms with van der Waals surface area (Å²) >= 11 is 0. The Labute approximate surface area is 164 Å². The molecule has 1 N–H and O–H groups in total. The van der Waals surface area contributed by atoms with Crippen LogP contribution in [0.15, 0.2) is 54.7 Å². The minimum atomic E-state index is -0.105. The number of carbonyl (C=O) groups excluding carboxylic acids is 1. The monoisotopic (exact) mass is 376 g/mol. The molecule has 0 saturated carbocycles. The minimum absolute atomic E-state index is 0.0215. The third-order valence-corrected chi connectivity index (χ3v) is 4.98. The summed E-state index contributed by atoms with van der Waals surface area (Å²) in [4.78, 5) is 17.3. The topological polar surface area (TPSA) is 60.5 Å². The molecule has 0 fully saturated rings. The average Bonchev–Trinajstić information content (AvgIpc) is 2.72. The normalized spacial score (nSPS) is 14.1. The third kappa shape index (κ3) is 3.79. The molecule has 0 spiro atoms. The lowest BCUT2D eigenvalue weighted by atomic mass is 9.95. The standard InChI is InChI=1S/C23H24N2O3/c1-15(2)22(18-8-9-19-20(13-18)28-12-11-27-19)25-21(26)14-17-6-3-5-16-7-4-10-24-23(16)17/h3-10,13,15,22H,11-12,14H2,1-2H3,(H,25,26). The van der Waals surface area contributed by atoms with E-state index in [2.05, 4.69) is 24.1 Å². The molecule has 5 heteroatoms. The van der Waals surface area contributed by atoms with Gasteiger partial charge in [0.1, 0.15) is 13.2 Å². The van der Waals surface area contributed by atoms with E-state index in [9.17, 15) is 4.79 Å². The highest BCUT2D eigenvalue weighted by atomic mass is 16.6. The summed E-state index contributed by atoms with van der Waals surface area (Å²) in [6, 6.07) is 15.6. The summed E-state index contributed by atoms with van der Waals surface area (Å²) in [5.41, 5.74) is 2.82. The van der Waals surface area contributed by atoms with Crippen LogP contribution >= 0.6 is 0 Å². The van der Waals surface area contributed by atoms with E-state index in [4.69, 9.17) is 9.47 Å². The fraction of sp³-hybridized carbons (Fsp3) is 0.304. The number of benzene rings is 2. The van der Waals surface area contributed by atoms with E-state index in [-0.39, 0.29) is 17.9 Å². The number of nitrogens with one attached hydrogen (secondary N) is 1. The number of hydrogen-bond donors (Lipinski definition) is 1. The van der Waals surface area contributed by atoms with E-state index < -0.39 is 0 Å². The molecule has 0 saturated heterocycles. The summed E-state index contributed by atoms with van der Waals surface area (Å²) < 4.78 is 11.3. The summed E-state index contributed by atoms with van der Waals surface area (Å²) in [6.07, 6.45) is 2.05. The second-order valence-corrected chi connectivity index (χ2v) is 7.36. The highest BCUT2D eigenvalue weighted by molar-refractivity contribution is 5.87. The van der Waals surface area contributed by atoms with Gasteiger partial charge in [-0.1, -0.05) is 44.2 Å². The number of amides is 1. The van der Waals surface area contributed by atoms with Crippen molar-refractivity contribution in [1.82, 2.24) is 10.3 Å². The maximum absolute atomic E-state index is 12.8. The van der Waals surface area contributed by atoms with Crippen LogP contribution < -0.4 is 14.8 Å². The lowest BCUT2D eigenvalue weighted by Gasteiger charge is -2.25. The predicted molar refractivity (Wildman–Crippen MR) is 109 cm³/mol. The molecule has 1 atom stereocenters. The predicted octanol–water partition coefficient (Wildman–Crippen LogP) is 4.06. The fourth-order valence-electron chi connectivity index (χ4n) is 3.60. The first-order valence-corrected chi connectivity index (χ1v) is 9.63. The van der Waals surface area contributed by atoms with Crippen molar-refractivity contribution in [3.05, 3.63) is 65.9 Å². The van der Waals surface area contributed by atoms with Gasteiger partial charge in [-0.25, -0.2) is 0 Å². The van der Waals surface area contributed by atoms with Crippen molar-refractivity contribution in [3.8, 4) is 11.5 Å². The van der Waals surface area contributed by atoms with Crippen LogP contribution in [-0.4, -0.2) is 24.1 Å². The Morgan fingerprint density at radius 3 is 2.68 bits per heavy atom. The molecule has 2 aromatic carbocycles. The quantitative estimate of drug-likeness (QED) is 0.729. The first-order chi connectivity index (χ1) is 13.6. The van der Waals surface area contributed by atoms with E-state index in [1.165, 1.54) is 0 Å². The molecule has 0 aliphatic carbocycles. The first-order valence-electron chi connectivity index (χ1n) is 9.63. The van der Waals surface area contributed by atoms with E-state index in [1.807, 2.05) is 48.5 Å². The highest BCUT2D eigenvalue weighted by Crippen LogP contribution is 2.34. The van der Waals surface area contributed by atoms with Gasteiger partial charge in [-0.15, -0.1) is 0 Å². The second kappa shape index (κ2) is 7.89. The maximum atomic E-state index is 12.8. The molecule has 1 unspecified atom stereocenters. The van der Waals surface area contributed by atoms with Crippen LogP contribution in [0.2, 0.25) is 0 Å². The number of hydrogen-bond acceptors (Lipinski definition) is 4. The Morgan fingerprint density at radius 1 is 1.07 bits per heavy atom. The zero-order chi connectivity index (χ0) is 19.5. The average molecular weight is 376 g/mol. The SMILES string of the molecule is CC(C)C(NC(=O)Cc1cccc2cccnc12)c1ccc2c(c1)OCCO2. The van der Waals surface area contributed by atoms with E-state index in [0.29, 0.717) is 19.6 Å². The van der Waals surface area contributed by atoms with Crippen molar-refractivity contribution >= 4 is 16.8 Å². The van der Waals surface area contributed by atoms with Crippen molar-refractivity contribution in [2.45, 2.75) is 26.3 Å². The Balaban J connectivity index is 1.54. The Hall–Kier alpha value is -3.08. The molecule has 0 bridgehead atoms. The van der Waals surface area contributed by atoms with Crippen molar-refractivity contribution < 1.29 is 14.3 Å². The van der Waals surface area contributed by atoms with E-state index >= 15 is 0 Å². The van der Waals surface area contributed by atoms with Crippen LogP contribution in [0.3, 0.4) is 0 Å². The first kappa shape index (κ1) is 18.3. The Bertz CT molecular complexity index is 995. The lowest BCUT2D eigenvalue weighted by Crippen LogP contribution is -2.33. The number of pyridine rings is 1. The molecular weight excluding hydrogens is 352 g/mol. The molecular formula is C23H24N2O3. The largest absolute Gasteiger partial charge is 0.486 e. The van der Waals surface area contributed by atoms with Crippen LogP contribution in [-0.2, 0) is 11.2 Å². The van der Waals surface area contributed by atoms with E-state index in [1.54, 1.807) is 6.20 Å². The number of carbonyl (C=O) groups is 1. The summed E-state index contributed by atoms with van der Waals surface area (Å²) in [6.45, 7) is 5.31. The molecule has 4 rings (SSSR count). The zero-order valence-corrected chi connectivity index (χ0v) is 16.1. The molecule has 28 heavy (non-hydrogen) atoms. The Kier molecular flexibility index (Phi) is 5.15. The van der Waals surface area contributed by atoms with Gasteiger partial charge in [-0.2, -0.15) is 0 Å². The Morgan fingerprint density at radius 2 is 1.86 bits per heavy atom. The summed E-state index contributed by atoms with van der Waals surface area (Å²) in [5.74, 6) is 1.71. The second-order valence-electron chi connectivity index (χ2n) is 7.36. The molecule has 5 nitrogen and oxygen atoms in total. The van der Waals surface area contributed by atoms with Crippen molar-refractivity contribution in [3.63, 3.8) is 0 Å². The molecule has 0 radical (unpaired) electrons. The van der Waals surface area contributed by atoms with Crippen molar-refractivity contribution in [1.29, 1.82) is 0 Å². The zero-order valence-electron chi connectivity index (χ0n) is 16.1. The molecule has 1 amide bonds. The fourth-order valence-corrected chi connectivity index (χ4v) is 3.60. The van der Waals surface area contributed by atoms with Gasteiger partial charge in [0.25, 0.3) is 0 Å². The molecule has 1 aliphatic rings. The molecule has 2 heterocycles. The van der Waals surface area contributed by atoms with Gasteiger partial charge < -0.3 is 14.8 Å². The van der Waals surface area contributed by atoms with Gasteiger partial charge in [-0.3, -0.25) is 9.78 Å². The number of fused-ring (bicyclic) bond motifs is 2. The number of nitrogens with zero attached hydrogens (tertiary/aromatic N) is 1. The van der Waals surface area contributed by atoms with Crippen LogP contribution in [0, 0.1) is 5.92 Å². The van der Waals surface area contributed by atoms with Gasteiger partial charge in [-0.05, 0) is 35.2 Å². The molecule has 144 valence electrons. The minimum Gasteiger partial charge on any atom is -0.486 e. The molecule has 1 aromatic heterocycles. The number of ether oxygens (including phenoxy) is 2. The van der Waals surface area contributed by atoms with Gasteiger partial charge in [0.05, 0.1) is 18.0 Å². The van der Waals surface area contributed by atoms with Crippen molar-refractivity contribution in [2.75, 3.05) is 13.2 Å². The summed E-state index contributed by atoms with van der Waals surface area (Å²) in [7, 11) is 0. The van der Waals surface area contributed by atoms with Crippen molar-refractivity contribution in [2.24, 2.45) is 5.92 Å². The van der Waals surface area contributed by atoms with Gasteiger partial charge in [0, 0.05) is 11.6 Å². The van der Waals surface area contributed by atoms with Crippen LogP contribution in [0.1, 0.15) is 31.0 Å². The van der Waals surface area contributed by atoms with Crippen LogP contribution in [0.25, 0.3) is 10.9 Å². The number of aromatic nitrogens is 1. The number of para-hydroxylation sites is 1. The number of rotatable bonds is 5.